The molecule has 2 atom stereocenters. The molecule has 0 radical (unpaired) electrons. The van der Waals surface area contributed by atoms with Crippen LogP contribution in [0.4, 0.5) is 11.4 Å². The minimum Gasteiger partial charge on any atom is -0.392 e. The van der Waals surface area contributed by atoms with Crippen LogP contribution in [-0.2, 0) is 0 Å². The molecule has 1 aromatic rings. The third-order valence-corrected chi connectivity index (χ3v) is 3.88. The van der Waals surface area contributed by atoms with E-state index >= 15 is 0 Å². The Hall–Kier alpha value is -2.13. The van der Waals surface area contributed by atoms with Crippen molar-refractivity contribution >= 4 is 11.4 Å². The van der Waals surface area contributed by atoms with E-state index in [0.29, 0.717) is 12.1 Å². The van der Waals surface area contributed by atoms with Gasteiger partial charge >= 0.3 is 0 Å². The van der Waals surface area contributed by atoms with Gasteiger partial charge in [0.1, 0.15) is 6.07 Å². The maximum atomic E-state index is 10.7. The highest BCUT2D eigenvalue weighted by Gasteiger charge is 2.47. The molecule has 1 fully saturated rings. The maximum Gasteiger partial charge on any atom is 0.270 e. The van der Waals surface area contributed by atoms with Crippen LogP contribution in [0.2, 0.25) is 0 Å². The van der Waals surface area contributed by atoms with Crippen molar-refractivity contribution in [2.75, 3.05) is 5.32 Å². The third kappa shape index (κ3) is 2.25. The summed E-state index contributed by atoms with van der Waals surface area (Å²) >= 11 is 0. The van der Waals surface area contributed by atoms with Gasteiger partial charge in [0.05, 0.1) is 22.3 Å². The second-order valence-corrected chi connectivity index (χ2v) is 5.37. The molecule has 1 aliphatic carbocycles. The normalized spacial score (nSPS) is 24.1. The van der Waals surface area contributed by atoms with E-state index in [4.69, 9.17) is 5.26 Å². The van der Waals surface area contributed by atoms with Crippen molar-refractivity contribution in [3.05, 3.63) is 33.9 Å². The van der Waals surface area contributed by atoms with Crippen molar-refractivity contribution in [1.82, 2.24) is 0 Å². The summed E-state index contributed by atoms with van der Waals surface area (Å²) in [5.74, 6) is 0. The summed E-state index contributed by atoms with van der Waals surface area (Å²) in [5, 5.41) is 32.6. The number of aliphatic hydroxyl groups excluding tert-OH is 1. The van der Waals surface area contributed by atoms with E-state index in [1.807, 2.05) is 19.9 Å². The molecular formula is C13H15N3O3. The lowest BCUT2D eigenvalue weighted by atomic mass is 9.64. The molecule has 1 aromatic carbocycles. The van der Waals surface area contributed by atoms with E-state index in [-0.39, 0.29) is 28.8 Å². The number of nitrogens with one attached hydrogen (secondary N) is 1. The van der Waals surface area contributed by atoms with Crippen molar-refractivity contribution in [3.63, 3.8) is 0 Å². The SMILES string of the molecule is CC1(C)[C@H](O)C[C@@H]1Nc1ccc([N+](=O)[O-])cc1C#N. The number of aliphatic hydroxyl groups is 1. The molecule has 1 saturated carbocycles. The Labute approximate surface area is 110 Å². The molecule has 19 heavy (non-hydrogen) atoms. The smallest absolute Gasteiger partial charge is 0.270 e. The lowest BCUT2D eigenvalue weighted by Crippen LogP contribution is -2.56. The summed E-state index contributed by atoms with van der Waals surface area (Å²) in [4.78, 5) is 10.1. The molecule has 0 amide bonds. The van der Waals surface area contributed by atoms with Gasteiger partial charge in [0, 0.05) is 23.6 Å². The zero-order chi connectivity index (χ0) is 14.2. The van der Waals surface area contributed by atoms with Gasteiger partial charge in [-0.3, -0.25) is 10.1 Å². The third-order valence-electron chi connectivity index (χ3n) is 3.88. The van der Waals surface area contributed by atoms with Crippen molar-refractivity contribution in [2.45, 2.75) is 32.4 Å². The number of non-ortho nitro benzene ring substituents is 1. The van der Waals surface area contributed by atoms with Gasteiger partial charge in [-0.15, -0.1) is 0 Å². The number of benzene rings is 1. The molecule has 0 aliphatic heterocycles. The van der Waals surface area contributed by atoms with Gasteiger partial charge in [0.15, 0.2) is 0 Å². The van der Waals surface area contributed by atoms with Crippen LogP contribution in [0.25, 0.3) is 0 Å². The number of nitro benzene ring substituents is 1. The quantitative estimate of drug-likeness (QED) is 0.640. The Morgan fingerprint density at radius 3 is 2.74 bits per heavy atom. The minimum absolute atomic E-state index is 0.0519. The average molecular weight is 261 g/mol. The van der Waals surface area contributed by atoms with Crippen LogP contribution in [0.3, 0.4) is 0 Å². The van der Waals surface area contributed by atoms with E-state index in [2.05, 4.69) is 5.32 Å². The number of hydrogen-bond acceptors (Lipinski definition) is 5. The summed E-state index contributed by atoms with van der Waals surface area (Å²) < 4.78 is 0. The Morgan fingerprint density at radius 1 is 1.58 bits per heavy atom. The molecule has 1 aliphatic rings. The maximum absolute atomic E-state index is 10.7. The van der Waals surface area contributed by atoms with Crippen LogP contribution in [-0.4, -0.2) is 22.2 Å². The van der Waals surface area contributed by atoms with Crippen molar-refractivity contribution in [2.24, 2.45) is 5.41 Å². The highest BCUT2D eigenvalue weighted by Crippen LogP contribution is 2.42. The Bertz CT molecular complexity index is 563. The molecular weight excluding hydrogens is 246 g/mol. The Morgan fingerprint density at radius 2 is 2.26 bits per heavy atom. The molecule has 6 heteroatoms. The van der Waals surface area contributed by atoms with E-state index in [0.717, 1.165) is 0 Å². The first-order valence-electron chi connectivity index (χ1n) is 5.99. The van der Waals surface area contributed by atoms with E-state index in [1.54, 1.807) is 0 Å². The number of nitrogens with zero attached hydrogens (tertiary/aromatic N) is 2. The second kappa shape index (κ2) is 4.52. The first-order valence-corrected chi connectivity index (χ1v) is 5.99. The monoisotopic (exact) mass is 261 g/mol. The fraction of sp³-hybridized carbons (Fsp3) is 0.462. The van der Waals surface area contributed by atoms with Gasteiger partial charge in [0.2, 0.25) is 0 Å². The number of nitro groups is 1. The molecule has 0 aromatic heterocycles. The highest BCUT2D eigenvalue weighted by atomic mass is 16.6. The molecule has 6 nitrogen and oxygen atoms in total. The van der Waals surface area contributed by atoms with Crippen LogP contribution in [0.15, 0.2) is 18.2 Å². The molecule has 2 rings (SSSR count). The predicted molar refractivity (Wildman–Crippen MR) is 69.6 cm³/mol. The second-order valence-electron chi connectivity index (χ2n) is 5.37. The minimum atomic E-state index is -0.526. The van der Waals surface area contributed by atoms with Crippen LogP contribution in [0.1, 0.15) is 25.8 Å². The van der Waals surface area contributed by atoms with Gasteiger partial charge in [-0.25, -0.2) is 0 Å². The molecule has 100 valence electrons. The Balaban J connectivity index is 2.23. The van der Waals surface area contributed by atoms with Gasteiger partial charge in [-0.2, -0.15) is 5.26 Å². The van der Waals surface area contributed by atoms with Crippen molar-refractivity contribution < 1.29 is 10.0 Å². The van der Waals surface area contributed by atoms with Gasteiger partial charge in [-0.05, 0) is 12.5 Å². The molecule has 0 saturated heterocycles. The van der Waals surface area contributed by atoms with E-state index in [1.165, 1.54) is 18.2 Å². The zero-order valence-corrected chi connectivity index (χ0v) is 10.8. The average Bonchev–Trinajstić information content (AvgIpc) is 2.38. The lowest BCUT2D eigenvalue weighted by Gasteiger charge is -2.49. The van der Waals surface area contributed by atoms with Crippen molar-refractivity contribution in [3.8, 4) is 6.07 Å². The molecule has 0 spiro atoms. The summed E-state index contributed by atoms with van der Waals surface area (Å²) in [6.07, 6.45) is 0.239. The van der Waals surface area contributed by atoms with Crippen LogP contribution in [0.5, 0.6) is 0 Å². The van der Waals surface area contributed by atoms with Gasteiger partial charge in [-0.1, -0.05) is 13.8 Å². The molecule has 0 bridgehead atoms. The number of nitriles is 1. The highest BCUT2D eigenvalue weighted by molar-refractivity contribution is 5.62. The molecule has 0 heterocycles. The first-order chi connectivity index (χ1) is 8.86. The number of rotatable bonds is 3. The topological polar surface area (TPSA) is 99.2 Å². The predicted octanol–water partition coefficient (Wildman–Crippen LogP) is 2.04. The van der Waals surface area contributed by atoms with Crippen molar-refractivity contribution in [1.29, 1.82) is 5.26 Å². The van der Waals surface area contributed by atoms with Crippen LogP contribution in [0, 0.1) is 26.9 Å². The fourth-order valence-electron chi connectivity index (χ4n) is 2.20. The molecule has 0 unspecified atom stereocenters. The summed E-state index contributed by atoms with van der Waals surface area (Å²) in [5.41, 5.74) is 0.438. The summed E-state index contributed by atoms with van der Waals surface area (Å²) in [6.45, 7) is 3.88. The van der Waals surface area contributed by atoms with E-state index in [9.17, 15) is 15.2 Å². The van der Waals surface area contributed by atoms with Gasteiger partial charge in [0.25, 0.3) is 5.69 Å². The molecule has 2 N–H and O–H groups in total. The van der Waals surface area contributed by atoms with Gasteiger partial charge < -0.3 is 10.4 Å². The lowest BCUT2D eigenvalue weighted by molar-refractivity contribution is -0.384. The largest absolute Gasteiger partial charge is 0.392 e. The summed E-state index contributed by atoms with van der Waals surface area (Å²) in [6, 6.07) is 6.17. The number of hydrogen-bond donors (Lipinski definition) is 2. The fourth-order valence-corrected chi connectivity index (χ4v) is 2.20. The van der Waals surface area contributed by atoms with Crippen LogP contribution < -0.4 is 5.32 Å². The first kappa shape index (κ1) is 13.3. The zero-order valence-electron chi connectivity index (χ0n) is 10.8. The summed E-state index contributed by atoms with van der Waals surface area (Å²) in [7, 11) is 0. The van der Waals surface area contributed by atoms with E-state index < -0.39 is 4.92 Å². The number of anilines is 1. The van der Waals surface area contributed by atoms with Crippen LogP contribution >= 0.6 is 0 Å². The Kier molecular flexibility index (Phi) is 3.16. The standard InChI is InChI=1S/C13H15N3O3/c1-13(2)11(6-12(13)17)15-10-4-3-9(16(18)19)5-8(10)7-14/h3-5,11-12,15,17H,6H2,1-2H3/t11-,12+/m0/s1.